The largest absolute Gasteiger partial charge is 0.396 e. The van der Waals surface area contributed by atoms with Crippen molar-refractivity contribution in [1.82, 2.24) is 9.88 Å². The first kappa shape index (κ1) is 29.4. The zero-order chi connectivity index (χ0) is 28.8. The second-order valence-electron chi connectivity index (χ2n) is 12.9. The number of carbonyl (C=O) groups excluding carboxylic acids is 2. The molecule has 1 heterocycles. The number of hydrogen-bond acceptors (Lipinski definition) is 6. The second-order valence-corrected chi connectivity index (χ2v) is 14.0. The number of aromatic nitrogens is 1. The van der Waals surface area contributed by atoms with Crippen molar-refractivity contribution in [2.45, 2.75) is 77.7 Å². The maximum absolute atomic E-state index is 13.3. The molecule has 2 aliphatic rings. The van der Waals surface area contributed by atoms with Crippen LogP contribution in [-0.4, -0.2) is 58.2 Å². The summed E-state index contributed by atoms with van der Waals surface area (Å²) in [5.74, 6) is -0.457. The highest BCUT2D eigenvalue weighted by Gasteiger charge is 2.59. The second kappa shape index (κ2) is 10.8. The topological polar surface area (TPSA) is 103 Å². The molecule has 2 aliphatic carbocycles. The molecule has 0 radical (unpaired) electrons. The summed E-state index contributed by atoms with van der Waals surface area (Å²) in [6.07, 6.45) is 3.29. The molecular weight excluding hydrogens is 510 g/mol. The van der Waals surface area contributed by atoms with Crippen molar-refractivity contribution in [3.63, 3.8) is 0 Å². The van der Waals surface area contributed by atoms with Gasteiger partial charge in [-0.15, -0.1) is 17.9 Å². The molecule has 1 saturated carbocycles. The lowest BCUT2D eigenvalue weighted by molar-refractivity contribution is -0.146. The Morgan fingerprint density at radius 1 is 1.26 bits per heavy atom. The van der Waals surface area contributed by atoms with Gasteiger partial charge in [-0.25, -0.2) is 4.98 Å². The summed E-state index contributed by atoms with van der Waals surface area (Å²) in [6, 6.07) is 7.64. The molecular formula is C31H43N3O4S. The van der Waals surface area contributed by atoms with E-state index in [-0.39, 0.29) is 47.5 Å². The van der Waals surface area contributed by atoms with Crippen molar-refractivity contribution in [1.29, 1.82) is 0 Å². The zero-order valence-corrected chi connectivity index (χ0v) is 24.9. The molecule has 0 unspecified atom stereocenters. The summed E-state index contributed by atoms with van der Waals surface area (Å²) < 4.78 is 0. The average Bonchev–Trinajstić information content (AvgIpc) is 3.29. The molecule has 1 fully saturated rings. The van der Waals surface area contributed by atoms with Crippen LogP contribution in [-0.2, 0) is 16.6 Å². The van der Waals surface area contributed by atoms with Crippen LogP contribution in [0.1, 0.15) is 86.3 Å². The number of anilines is 1. The van der Waals surface area contributed by atoms with Crippen molar-refractivity contribution in [3.05, 3.63) is 58.6 Å². The van der Waals surface area contributed by atoms with Gasteiger partial charge in [0.2, 0.25) is 5.91 Å². The standard InChI is InChI=1S/C31H43N3O4S/c1-8-15-34(7)25(37)16-21-26-22(17-23-30(21,5)14-13-24(36)31(23,6)18-35)39-28(32-26)33-27(38)19-9-11-20(12-10-19)29(2,3)4/h8-12,21,23-24,35-36H,1,13-18H2,2-7H3,(H,32,33,38)/t21-,23+,24-,30+,31+/m1/s1. The van der Waals surface area contributed by atoms with Gasteiger partial charge in [0.1, 0.15) is 0 Å². The third-order valence-electron chi connectivity index (χ3n) is 9.33. The van der Waals surface area contributed by atoms with Gasteiger partial charge in [-0.05, 0) is 53.7 Å². The molecule has 8 heteroatoms. The maximum atomic E-state index is 13.3. The summed E-state index contributed by atoms with van der Waals surface area (Å²) in [7, 11) is 1.77. The number of aliphatic hydroxyl groups is 2. The predicted molar refractivity (Wildman–Crippen MR) is 156 cm³/mol. The molecule has 39 heavy (non-hydrogen) atoms. The SMILES string of the molecule is C=CCN(C)C(=O)C[C@@H]1c2nc(NC(=O)c3ccc(C(C)(C)C)cc3)sc2C[C@@H]2[C@](C)(CO)[C@H](O)CC[C@]21C. The minimum atomic E-state index is -0.693. The lowest BCUT2D eigenvalue weighted by Crippen LogP contribution is -2.57. The predicted octanol–water partition coefficient (Wildman–Crippen LogP) is 5.14. The summed E-state index contributed by atoms with van der Waals surface area (Å²) in [5, 5.41) is 24.9. The van der Waals surface area contributed by atoms with Crippen LogP contribution >= 0.6 is 11.3 Å². The molecule has 3 N–H and O–H groups in total. The molecule has 4 rings (SSSR count). The van der Waals surface area contributed by atoms with E-state index in [4.69, 9.17) is 4.98 Å². The van der Waals surface area contributed by atoms with Crippen LogP contribution < -0.4 is 5.32 Å². The summed E-state index contributed by atoms with van der Waals surface area (Å²) in [6.45, 7) is 14.6. The van der Waals surface area contributed by atoms with Crippen molar-refractivity contribution in [2.24, 2.45) is 16.7 Å². The number of carbonyl (C=O) groups is 2. The molecule has 7 nitrogen and oxygen atoms in total. The fourth-order valence-corrected chi connectivity index (χ4v) is 7.68. The fraction of sp³-hybridized carbons (Fsp3) is 0.581. The highest BCUT2D eigenvalue weighted by Crippen LogP contribution is 2.62. The Labute approximate surface area is 236 Å². The van der Waals surface area contributed by atoms with E-state index in [1.165, 1.54) is 11.3 Å². The molecule has 0 aliphatic heterocycles. The molecule has 2 amide bonds. The zero-order valence-electron chi connectivity index (χ0n) is 24.1. The van der Waals surface area contributed by atoms with E-state index in [9.17, 15) is 19.8 Å². The summed E-state index contributed by atoms with van der Waals surface area (Å²) in [5.41, 5.74) is 1.54. The smallest absolute Gasteiger partial charge is 0.257 e. The molecule has 0 saturated heterocycles. The molecule has 1 aromatic carbocycles. The number of amides is 2. The molecule has 212 valence electrons. The number of hydrogen-bond donors (Lipinski definition) is 3. The van der Waals surface area contributed by atoms with E-state index in [0.29, 0.717) is 30.1 Å². The van der Waals surface area contributed by atoms with Gasteiger partial charge in [0, 0.05) is 41.8 Å². The number of aliphatic hydroxyl groups excluding tert-OH is 2. The molecule has 0 spiro atoms. The van der Waals surface area contributed by atoms with Gasteiger partial charge in [0.05, 0.1) is 18.4 Å². The quantitative estimate of drug-likeness (QED) is 0.412. The average molecular weight is 554 g/mol. The van der Waals surface area contributed by atoms with E-state index in [0.717, 1.165) is 22.6 Å². The summed E-state index contributed by atoms with van der Waals surface area (Å²) in [4.78, 5) is 34.0. The first-order valence-corrected chi connectivity index (χ1v) is 14.6. The van der Waals surface area contributed by atoms with E-state index in [1.54, 1.807) is 18.0 Å². The van der Waals surface area contributed by atoms with Crippen LogP contribution in [0.2, 0.25) is 0 Å². The normalized spacial score (nSPS) is 28.3. The number of nitrogens with zero attached hydrogens (tertiary/aromatic N) is 2. The number of nitrogens with one attached hydrogen (secondary N) is 1. The summed E-state index contributed by atoms with van der Waals surface area (Å²) >= 11 is 1.43. The molecule has 2 aromatic rings. The van der Waals surface area contributed by atoms with Gasteiger partial charge < -0.3 is 15.1 Å². The van der Waals surface area contributed by atoms with Crippen molar-refractivity contribution < 1.29 is 19.8 Å². The van der Waals surface area contributed by atoms with E-state index < -0.39 is 11.5 Å². The van der Waals surface area contributed by atoms with E-state index in [1.807, 2.05) is 31.2 Å². The van der Waals surface area contributed by atoms with Crippen LogP contribution in [0, 0.1) is 16.7 Å². The monoisotopic (exact) mass is 553 g/mol. The Morgan fingerprint density at radius 2 is 1.92 bits per heavy atom. The van der Waals surface area contributed by atoms with Crippen LogP contribution in [0.5, 0.6) is 0 Å². The molecule has 0 bridgehead atoms. The minimum Gasteiger partial charge on any atom is -0.396 e. The van der Waals surface area contributed by atoms with E-state index in [2.05, 4.69) is 39.6 Å². The Morgan fingerprint density at radius 3 is 2.51 bits per heavy atom. The minimum absolute atomic E-state index is 0.000902. The third kappa shape index (κ3) is 5.43. The Kier molecular flexibility index (Phi) is 8.14. The lowest BCUT2D eigenvalue weighted by atomic mass is 9.47. The highest BCUT2D eigenvalue weighted by molar-refractivity contribution is 7.15. The fourth-order valence-electron chi connectivity index (χ4n) is 6.62. The number of benzene rings is 1. The van der Waals surface area contributed by atoms with Crippen LogP contribution in [0.25, 0.3) is 0 Å². The van der Waals surface area contributed by atoms with Crippen molar-refractivity contribution in [3.8, 4) is 0 Å². The number of thiazole rings is 1. The molecule has 1 aromatic heterocycles. The van der Waals surface area contributed by atoms with Crippen molar-refractivity contribution >= 4 is 28.3 Å². The third-order valence-corrected chi connectivity index (χ3v) is 10.3. The van der Waals surface area contributed by atoms with Gasteiger partial charge in [-0.1, -0.05) is 52.8 Å². The Balaban J connectivity index is 1.68. The first-order valence-electron chi connectivity index (χ1n) is 13.8. The van der Waals surface area contributed by atoms with Crippen molar-refractivity contribution in [2.75, 3.05) is 25.5 Å². The van der Waals surface area contributed by atoms with Crippen LogP contribution in [0.4, 0.5) is 5.13 Å². The number of fused-ring (bicyclic) bond motifs is 2. The first-order chi connectivity index (χ1) is 18.2. The van der Waals surface area contributed by atoms with Gasteiger partial charge >= 0.3 is 0 Å². The highest BCUT2D eigenvalue weighted by atomic mass is 32.1. The van der Waals surface area contributed by atoms with Crippen LogP contribution in [0.3, 0.4) is 0 Å². The van der Waals surface area contributed by atoms with Gasteiger partial charge in [0.15, 0.2) is 5.13 Å². The van der Waals surface area contributed by atoms with Gasteiger partial charge in [-0.2, -0.15) is 0 Å². The van der Waals surface area contributed by atoms with E-state index >= 15 is 0 Å². The Bertz CT molecular complexity index is 1230. The van der Waals surface area contributed by atoms with Gasteiger partial charge in [0.25, 0.3) is 5.91 Å². The Hall–Kier alpha value is -2.55. The van der Waals surface area contributed by atoms with Gasteiger partial charge in [-0.3, -0.25) is 14.9 Å². The lowest BCUT2D eigenvalue weighted by Gasteiger charge is -2.58. The molecule has 5 atom stereocenters. The number of likely N-dealkylation sites (N-methyl/N-ethyl adjacent to an activating group) is 1. The number of rotatable bonds is 7. The van der Waals surface area contributed by atoms with Crippen LogP contribution in [0.15, 0.2) is 36.9 Å². The maximum Gasteiger partial charge on any atom is 0.257 e.